The number of aromatic amines is 1. The maximum atomic E-state index is 13.0. The summed E-state index contributed by atoms with van der Waals surface area (Å²) in [7, 11) is 0. The Kier molecular flexibility index (Phi) is 6.23. The fourth-order valence-corrected chi connectivity index (χ4v) is 6.21. The maximum absolute atomic E-state index is 13.0. The first-order valence-corrected chi connectivity index (χ1v) is 12.7. The fraction of sp³-hybridized carbons (Fsp3) is 0.625. The maximum Gasteiger partial charge on any atom is 0.255 e. The zero-order valence-corrected chi connectivity index (χ0v) is 19.0. The molecule has 7 heteroatoms. The molecular weight excluding hydrogens is 408 g/mol. The lowest BCUT2D eigenvalue weighted by atomic mass is 9.87. The van der Waals surface area contributed by atoms with Crippen LogP contribution < -0.4 is 5.56 Å². The van der Waals surface area contributed by atoms with Crippen LogP contribution in [0.5, 0.6) is 0 Å². The minimum atomic E-state index is 0.00612. The lowest BCUT2D eigenvalue weighted by Gasteiger charge is -2.36. The highest BCUT2D eigenvalue weighted by Gasteiger charge is 2.32. The summed E-state index contributed by atoms with van der Waals surface area (Å²) in [6.07, 6.45) is 8.48. The normalized spacial score (nSPS) is 23.0. The van der Waals surface area contributed by atoms with Crippen molar-refractivity contribution in [2.75, 3.05) is 19.6 Å². The molecule has 1 amide bonds. The van der Waals surface area contributed by atoms with E-state index in [0.29, 0.717) is 19.0 Å². The third kappa shape index (κ3) is 4.62. The molecule has 1 aliphatic carbocycles. The van der Waals surface area contributed by atoms with Gasteiger partial charge in [-0.15, -0.1) is 11.3 Å². The molecule has 0 unspecified atom stereocenters. The molecule has 0 radical (unpaired) electrons. The van der Waals surface area contributed by atoms with E-state index in [9.17, 15) is 9.59 Å². The highest BCUT2D eigenvalue weighted by atomic mass is 32.1. The van der Waals surface area contributed by atoms with Crippen LogP contribution >= 0.6 is 11.3 Å². The van der Waals surface area contributed by atoms with Gasteiger partial charge in [0.05, 0.1) is 11.3 Å². The molecule has 0 spiro atoms. The average molecular weight is 441 g/mol. The fourth-order valence-electron chi connectivity index (χ4n) is 5.46. The summed E-state index contributed by atoms with van der Waals surface area (Å²) in [4.78, 5) is 39.7. The van der Waals surface area contributed by atoms with Crippen molar-refractivity contribution in [1.82, 2.24) is 19.8 Å². The number of thiophene rings is 1. The lowest BCUT2D eigenvalue weighted by molar-refractivity contribution is -0.137. The first kappa shape index (κ1) is 20.9. The quantitative estimate of drug-likeness (QED) is 0.788. The SMILES string of the molecule is O=C(C1CCCCC1)N1CCC[C@H](c2nc3c(c(=O)[nH]2)CN(Cc2cccs2)CC3)C1. The number of nitrogens with zero attached hydrogens (tertiary/aromatic N) is 3. The minimum Gasteiger partial charge on any atom is -0.342 e. The largest absolute Gasteiger partial charge is 0.342 e. The van der Waals surface area contributed by atoms with Gasteiger partial charge in [0.25, 0.3) is 5.56 Å². The van der Waals surface area contributed by atoms with E-state index in [1.807, 2.05) is 4.90 Å². The average Bonchev–Trinajstić information content (AvgIpc) is 3.32. The summed E-state index contributed by atoms with van der Waals surface area (Å²) in [6, 6.07) is 4.22. The molecule has 1 N–H and O–H groups in total. The van der Waals surface area contributed by atoms with E-state index < -0.39 is 0 Å². The van der Waals surface area contributed by atoms with Crippen LogP contribution in [0.3, 0.4) is 0 Å². The minimum absolute atomic E-state index is 0.00612. The highest BCUT2D eigenvalue weighted by Crippen LogP contribution is 2.30. The Bertz CT molecular complexity index is 964. The van der Waals surface area contributed by atoms with Gasteiger partial charge in [-0.25, -0.2) is 4.98 Å². The summed E-state index contributed by atoms with van der Waals surface area (Å²) < 4.78 is 0. The smallest absolute Gasteiger partial charge is 0.255 e. The molecule has 4 heterocycles. The number of aromatic nitrogens is 2. The van der Waals surface area contributed by atoms with Gasteiger partial charge in [0.1, 0.15) is 5.82 Å². The zero-order chi connectivity index (χ0) is 21.2. The number of carbonyl (C=O) groups is 1. The molecule has 31 heavy (non-hydrogen) atoms. The monoisotopic (exact) mass is 440 g/mol. The van der Waals surface area contributed by atoms with Gasteiger partial charge < -0.3 is 9.88 Å². The number of H-pyrrole nitrogens is 1. The molecule has 1 saturated heterocycles. The summed E-state index contributed by atoms with van der Waals surface area (Å²) in [5, 5.41) is 2.10. The molecule has 1 atom stereocenters. The predicted octanol–water partition coefficient (Wildman–Crippen LogP) is 3.68. The molecule has 6 nitrogen and oxygen atoms in total. The van der Waals surface area contributed by atoms with Crippen LogP contribution in [0.25, 0.3) is 0 Å². The van der Waals surface area contributed by atoms with E-state index in [1.165, 1.54) is 24.1 Å². The van der Waals surface area contributed by atoms with Crippen LogP contribution in [0.4, 0.5) is 0 Å². The van der Waals surface area contributed by atoms with Crippen LogP contribution in [0.1, 0.15) is 72.8 Å². The molecule has 2 aromatic heterocycles. The number of likely N-dealkylation sites (tertiary alicyclic amines) is 1. The summed E-state index contributed by atoms with van der Waals surface area (Å²) in [5.41, 5.74) is 1.78. The number of hydrogen-bond acceptors (Lipinski definition) is 5. The molecule has 166 valence electrons. The molecule has 3 aliphatic rings. The number of rotatable bonds is 4. The van der Waals surface area contributed by atoms with E-state index in [0.717, 1.165) is 68.8 Å². The third-order valence-corrected chi connectivity index (χ3v) is 8.06. The van der Waals surface area contributed by atoms with Crippen molar-refractivity contribution in [1.29, 1.82) is 0 Å². The second-order valence-corrected chi connectivity index (χ2v) is 10.4. The van der Waals surface area contributed by atoms with Gasteiger partial charge in [-0.2, -0.15) is 0 Å². The summed E-state index contributed by atoms with van der Waals surface area (Å²) in [6.45, 7) is 4.02. The zero-order valence-electron chi connectivity index (χ0n) is 18.1. The number of carbonyl (C=O) groups excluding carboxylic acids is 1. The van der Waals surface area contributed by atoms with Crippen molar-refractivity contribution >= 4 is 17.2 Å². The number of hydrogen-bond donors (Lipinski definition) is 1. The van der Waals surface area contributed by atoms with Gasteiger partial charge >= 0.3 is 0 Å². The molecule has 5 rings (SSSR count). The highest BCUT2D eigenvalue weighted by molar-refractivity contribution is 7.09. The van der Waals surface area contributed by atoms with Crippen molar-refractivity contribution in [2.24, 2.45) is 5.92 Å². The Labute approximate surface area is 187 Å². The Morgan fingerprint density at radius 1 is 1.16 bits per heavy atom. The Morgan fingerprint density at radius 3 is 2.84 bits per heavy atom. The summed E-state index contributed by atoms with van der Waals surface area (Å²) >= 11 is 1.76. The summed E-state index contributed by atoms with van der Waals surface area (Å²) in [5.74, 6) is 1.46. The number of fused-ring (bicyclic) bond motifs is 1. The molecule has 2 aliphatic heterocycles. The topological polar surface area (TPSA) is 69.3 Å². The van der Waals surface area contributed by atoms with E-state index in [2.05, 4.69) is 27.4 Å². The van der Waals surface area contributed by atoms with Crippen LogP contribution in [-0.4, -0.2) is 45.3 Å². The first-order valence-electron chi connectivity index (χ1n) is 11.8. The number of amides is 1. The van der Waals surface area contributed by atoms with Gasteiger partial charge in [0.15, 0.2) is 0 Å². The van der Waals surface area contributed by atoms with Gasteiger partial charge in [-0.3, -0.25) is 14.5 Å². The molecule has 2 fully saturated rings. The third-order valence-electron chi connectivity index (χ3n) is 7.20. The van der Waals surface area contributed by atoms with Crippen LogP contribution in [0.2, 0.25) is 0 Å². The number of nitrogens with one attached hydrogen (secondary N) is 1. The van der Waals surface area contributed by atoms with Crippen molar-refractivity contribution in [2.45, 2.75) is 70.4 Å². The van der Waals surface area contributed by atoms with E-state index in [4.69, 9.17) is 4.98 Å². The predicted molar refractivity (Wildman–Crippen MR) is 122 cm³/mol. The lowest BCUT2D eigenvalue weighted by Crippen LogP contribution is -2.43. The van der Waals surface area contributed by atoms with Crippen molar-refractivity contribution in [3.05, 3.63) is 49.8 Å². The van der Waals surface area contributed by atoms with Crippen LogP contribution in [0, 0.1) is 5.92 Å². The van der Waals surface area contributed by atoms with Crippen LogP contribution in [-0.2, 0) is 24.3 Å². The van der Waals surface area contributed by atoms with Gasteiger partial charge in [-0.05, 0) is 37.1 Å². The molecule has 0 bridgehead atoms. The van der Waals surface area contributed by atoms with Crippen molar-refractivity contribution < 1.29 is 4.79 Å². The van der Waals surface area contributed by atoms with Crippen LogP contribution in [0.15, 0.2) is 22.3 Å². The van der Waals surface area contributed by atoms with Gasteiger partial charge in [0, 0.05) is 55.9 Å². The van der Waals surface area contributed by atoms with E-state index in [-0.39, 0.29) is 17.4 Å². The second-order valence-electron chi connectivity index (χ2n) is 9.37. The van der Waals surface area contributed by atoms with E-state index in [1.54, 1.807) is 11.3 Å². The second kappa shape index (κ2) is 9.25. The first-order chi connectivity index (χ1) is 15.2. The molecule has 2 aromatic rings. The van der Waals surface area contributed by atoms with Crippen molar-refractivity contribution in [3.63, 3.8) is 0 Å². The van der Waals surface area contributed by atoms with Crippen molar-refractivity contribution in [3.8, 4) is 0 Å². The molecular formula is C24H32N4O2S. The Morgan fingerprint density at radius 2 is 2.03 bits per heavy atom. The Balaban J connectivity index is 1.28. The molecule has 1 saturated carbocycles. The molecule has 0 aromatic carbocycles. The van der Waals surface area contributed by atoms with E-state index >= 15 is 0 Å². The van der Waals surface area contributed by atoms with Gasteiger partial charge in [-0.1, -0.05) is 25.3 Å². The number of piperidine rings is 1. The van der Waals surface area contributed by atoms with Gasteiger partial charge in [0.2, 0.25) is 5.91 Å². The Hall–Kier alpha value is -1.99. The standard InChI is InChI=1S/C24H32N4O2S/c29-23-20-16-27(15-19-9-5-13-31-19)12-10-21(20)25-22(26-23)18-8-4-11-28(14-18)24(30)17-6-2-1-3-7-17/h5,9,13,17-18H,1-4,6-8,10-12,14-16H2,(H,25,26,29)/t18-/m0/s1.